The number of aromatic nitrogens is 2. The van der Waals surface area contributed by atoms with Crippen molar-refractivity contribution in [1.82, 2.24) is 9.97 Å². The molecule has 0 atom stereocenters. The van der Waals surface area contributed by atoms with E-state index in [4.69, 9.17) is 0 Å². The van der Waals surface area contributed by atoms with E-state index >= 15 is 0 Å². The minimum Gasteiger partial charge on any atom is -0.361 e. The normalized spacial score (nSPS) is 11.4. The first-order valence-corrected chi connectivity index (χ1v) is 3.58. The molecule has 0 unspecified atom stereocenters. The van der Waals surface area contributed by atoms with Crippen molar-refractivity contribution < 1.29 is 13.2 Å². The summed E-state index contributed by atoms with van der Waals surface area (Å²) in [5, 5.41) is 2.15. The molecule has 3 nitrogen and oxygen atoms in total. The molecule has 1 aromatic rings. The number of halogens is 3. The van der Waals surface area contributed by atoms with Gasteiger partial charge in [-0.2, -0.15) is 13.2 Å². The van der Waals surface area contributed by atoms with Gasteiger partial charge in [-0.05, 0) is 13.0 Å². The predicted octanol–water partition coefficient (Wildman–Crippen LogP) is 1.76. The number of alkyl halides is 3. The van der Waals surface area contributed by atoms with Crippen LogP contribution >= 0.6 is 0 Å². The molecule has 1 aromatic heterocycles. The molecule has 0 saturated carbocycles. The molecule has 0 aliphatic carbocycles. The van der Waals surface area contributed by atoms with Crippen molar-refractivity contribution in [3.63, 3.8) is 0 Å². The van der Waals surface area contributed by atoms with Crippen LogP contribution in [-0.2, 0) is 0 Å². The molecule has 0 aliphatic heterocycles. The molecule has 72 valence electrons. The molecule has 1 heterocycles. The zero-order valence-corrected chi connectivity index (χ0v) is 6.89. The maximum atomic E-state index is 11.7. The summed E-state index contributed by atoms with van der Waals surface area (Å²) in [5.74, 6) is 0.622. The van der Waals surface area contributed by atoms with Crippen LogP contribution in [0.4, 0.5) is 19.0 Å². The Morgan fingerprint density at radius 1 is 1.46 bits per heavy atom. The van der Waals surface area contributed by atoms with E-state index in [1.165, 1.54) is 12.3 Å². The third-order valence-corrected chi connectivity index (χ3v) is 1.25. The van der Waals surface area contributed by atoms with Crippen LogP contribution in [0.1, 0.15) is 5.82 Å². The Bertz CT molecular complexity index is 285. The number of rotatable bonds is 2. The van der Waals surface area contributed by atoms with Crippen LogP contribution in [0.25, 0.3) is 0 Å². The van der Waals surface area contributed by atoms with Crippen molar-refractivity contribution >= 4 is 5.82 Å². The van der Waals surface area contributed by atoms with Crippen molar-refractivity contribution in [2.75, 3.05) is 11.9 Å². The van der Waals surface area contributed by atoms with Crippen LogP contribution < -0.4 is 5.32 Å². The Labute approximate surface area is 73.0 Å². The van der Waals surface area contributed by atoms with Gasteiger partial charge in [-0.15, -0.1) is 0 Å². The van der Waals surface area contributed by atoms with E-state index in [-0.39, 0.29) is 5.82 Å². The van der Waals surface area contributed by atoms with Crippen LogP contribution in [0.3, 0.4) is 0 Å². The van der Waals surface area contributed by atoms with Gasteiger partial charge in [0, 0.05) is 6.20 Å². The molecule has 6 heteroatoms. The second-order valence-electron chi connectivity index (χ2n) is 2.46. The second-order valence-corrected chi connectivity index (χ2v) is 2.46. The molecular formula is C7H8F3N3. The predicted molar refractivity (Wildman–Crippen MR) is 41.3 cm³/mol. The largest absolute Gasteiger partial charge is 0.405 e. The number of hydrogen-bond donors (Lipinski definition) is 1. The number of nitrogens with one attached hydrogen (secondary N) is 1. The van der Waals surface area contributed by atoms with Crippen LogP contribution in [-0.4, -0.2) is 22.7 Å². The third kappa shape index (κ3) is 3.73. The molecule has 0 fully saturated rings. The minimum absolute atomic E-state index is 0.185. The first-order chi connectivity index (χ1) is 5.97. The van der Waals surface area contributed by atoms with Gasteiger partial charge in [-0.25, -0.2) is 9.97 Å². The van der Waals surface area contributed by atoms with Crippen LogP contribution in [0, 0.1) is 6.92 Å². The van der Waals surface area contributed by atoms with Crippen LogP contribution in [0.15, 0.2) is 12.3 Å². The Balaban J connectivity index is 2.55. The first-order valence-electron chi connectivity index (χ1n) is 3.58. The highest BCUT2D eigenvalue weighted by Gasteiger charge is 2.26. The molecule has 0 bridgehead atoms. The standard InChI is InChI=1S/C7H8F3N3/c1-5-11-3-2-6(13-5)12-4-7(8,9)10/h2-3H,4H2,1H3,(H,11,12,13). The second kappa shape index (κ2) is 3.59. The van der Waals surface area contributed by atoms with E-state index in [1.807, 2.05) is 0 Å². The van der Waals surface area contributed by atoms with Gasteiger partial charge in [0.15, 0.2) is 0 Å². The zero-order chi connectivity index (χ0) is 9.90. The zero-order valence-electron chi connectivity index (χ0n) is 6.89. The van der Waals surface area contributed by atoms with E-state index in [0.717, 1.165) is 0 Å². The summed E-state index contributed by atoms with van der Waals surface area (Å²) >= 11 is 0. The van der Waals surface area contributed by atoms with Gasteiger partial charge >= 0.3 is 6.18 Å². The van der Waals surface area contributed by atoms with Crippen molar-refractivity contribution in [2.24, 2.45) is 0 Å². The van der Waals surface area contributed by atoms with Gasteiger partial charge in [0.2, 0.25) is 0 Å². The number of hydrogen-bond acceptors (Lipinski definition) is 3. The summed E-state index contributed by atoms with van der Waals surface area (Å²) in [6, 6.07) is 1.39. The summed E-state index contributed by atoms with van der Waals surface area (Å²) in [7, 11) is 0. The molecule has 0 radical (unpaired) electrons. The average Bonchev–Trinajstić information content (AvgIpc) is 2.00. The first kappa shape index (κ1) is 9.76. The fraction of sp³-hybridized carbons (Fsp3) is 0.429. The molecule has 1 N–H and O–H groups in total. The van der Waals surface area contributed by atoms with Gasteiger partial charge in [-0.3, -0.25) is 0 Å². The lowest BCUT2D eigenvalue weighted by molar-refractivity contribution is -0.115. The third-order valence-electron chi connectivity index (χ3n) is 1.25. The quantitative estimate of drug-likeness (QED) is 0.773. The van der Waals surface area contributed by atoms with Gasteiger partial charge in [0.05, 0.1) is 0 Å². The smallest absolute Gasteiger partial charge is 0.361 e. The van der Waals surface area contributed by atoms with E-state index in [0.29, 0.717) is 5.82 Å². The lowest BCUT2D eigenvalue weighted by Crippen LogP contribution is -2.21. The van der Waals surface area contributed by atoms with E-state index in [9.17, 15) is 13.2 Å². The minimum atomic E-state index is -4.22. The maximum Gasteiger partial charge on any atom is 0.405 e. The van der Waals surface area contributed by atoms with Crippen LogP contribution in [0.5, 0.6) is 0 Å². The number of aryl methyl sites for hydroxylation is 1. The average molecular weight is 191 g/mol. The van der Waals surface area contributed by atoms with E-state index in [2.05, 4.69) is 15.3 Å². The highest BCUT2D eigenvalue weighted by Crippen LogP contribution is 2.14. The summed E-state index contributed by atoms with van der Waals surface area (Å²) in [4.78, 5) is 7.51. The summed E-state index contributed by atoms with van der Waals surface area (Å²) in [6.45, 7) is 0.530. The molecule has 0 aromatic carbocycles. The molecule has 0 amide bonds. The lowest BCUT2D eigenvalue weighted by atomic mass is 10.5. The van der Waals surface area contributed by atoms with Gasteiger partial charge in [0.25, 0.3) is 0 Å². The molecule has 0 saturated heterocycles. The fourth-order valence-corrected chi connectivity index (χ4v) is 0.745. The van der Waals surface area contributed by atoms with Gasteiger partial charge in [0.1, 0.15) is 18.2 Å². The van der Waals surface area contributed by atoms with Crippen molar-refractivity contribution in [2.45, 2.75) is 13.1 Å². The topological polar surface area (TPSA) is 37.8 Å². The molecule has 1 rings (SSSR count). The Hall–Kier alpha value is -1.33. The Morgan fingerprint density at radius 2 is 2.15 bits per heavy atom. The SMILES string of the molecule is Cc1nccc(NCC(F)(F)F)n1. The summed E-state index contributed by atoms with van der Waals surface area (Å²) in [6.07, 6.45) is -2.82. The van der Waals surface area contributed by atoms with Crippen molar-refractivity contribution in [1.29, 1.82) is 0 Å². The Kier molecular flexibility index (Phi) is 2.69. The van der Waals surface area contributed by atoms with Gasteiger partial charge in [-0.1, -0.05) is 0 Å². The monoisotopic (exact) mass is 191 g/mol. The van der Waals surface area contributed by atoms with Crippen molar-refractivity contribution in [3.8, 4) is 0 Å². The highest BCUT2D eigenvalue weighted by molar-refractivity contribution is 5.32. The molecular weight excluding hydrogens is 183 g/mol. The van der Waals surface area contributed by atoms with Crippen molar-refractivity contribution in [3.05, 3.63) is 18.1 Å². The highest BCUT2D eigenvalue weighted by atomic mass is 19.4. The molecule has 0 aliphatic rings. The lowest BCUT2D eigenvalue weighted by Gasteiger charge is -2.08. The maximum absolute atomic E-state index is 11.7. The summed E-state index contributed by atoms with van der Waals surface area (Å²) < 4.78 is 35.2. The molecule has 0 spiro atoms. The fourth-order valence-electron chi connectivity index (χ4n) is 0.745. The molecule has 13 heavy (non-hydrogen) atoms. The number of anilines is 1. The van der Waals surface area contributed by atoms with Crippen LogP contribution in [0.2, 0.25) is 0 Å². The Morgan fingerprint density at radius 3 is 2.69 bits per heavy atom. The van der Waals surface area contributed by atoms with E-state index in [1.54, 1.807) is 6.92 Å². The van der Waals surface area contributed by atoms with E-state index < -0.39 is 12.7 Å². The summed E-state index contributed by atoms with van der Waals surface area (Å²) in [5.41, 5.74) is 0. The number of nitrogens with zero attached hydrogens (tertiary/aromatic N) is 2. The van der Waals surface area contributed by atoms with Gasteiger partial charge < -0.3 is 5.32 Å².